The van der Waals surface area contributed by atoms with E-state index in [1.54, 1.807) is 0 Å². The smallest absolute Gasteiger partial charge is 0.420 e. The summed E-state index contributed by atoms with van der Waals surface area (Å²) in [6, 6.07) is 5.76. The van der Waals surface area contributed by atoms with Crippen LogP contribution in [0.3, 0.4) is 0 Å². The summed E-state index contributed by atoms with van der Waals surface area (Å²) in [7, 11) is -3.46. The third kappa shape index (κ3) is 6.26. The summed E-state index contributed by atoms with van der Waals surface area (Å²) in [5.41, 5.74) is -4.80. The van der Waals surface area contributed by atoms with Crippen LogP contribution in [0.5, 0.6) is 5.75 Å². The quantitative estimate of drug-likeness (QED) is 0.390. The van der Waals surface area contributed by atoms with Crippen molar-refractivity contribution in [3.63, 3.8) is 0 Å². The fourth-order valence-corrected chi connectivity index (χ4v) is 5.81. The van der Waals surface area contributed by atoms with Crippen LogP contribution in [-0.2, 0) is 21.0 Å². The minimum absolute atomic E-state index is 0.125. The molecule has 14 heteroatoms. The molecule has 1 N–H and O–H groups in total. The second kappa shape index (κ2) is 10.5. The number of aliphatic carboxylic acids is 1. The van der Waals surface area contributed by atoms with Crippen LogP contribution < -0.4 is 9.64 Å². The standard InChI is InChI=1S/C25H28F6N2O5S/c1-23(2,22(34)35)14-38-19-12-20-18(11-17(19)25(29,30)31)33(16-7-5-15(26)6-8-16)13-24(3,10-9-21(27)28)32(4)39(20,36)37/h5-8,11-12,21H,9-10,13-14H2,1-4H3,(H,34,35). The summed E-state index contributed by atoms with van der Waals surface area (Å²) in [4.78, 5) is 12.1. The van der Waals surface area contributed by atoms with E-state index in [0.717, 1.165) is 23.5 Å². The molecule has 1 heterocycles. The zero-order valence-corrected chi connectivity index (χ0v) is 22.3. The van der Waals surface area contributed by atoms with E-state index in [1.165, 1.54) is 37.8 Å². The van der Waals surface area contributed by atoms with E-state index in [9.17, 15) is 44.7 Å². The highest BCUT2D eigenvalue weighted by atomic mass is 32.2. The van der Waals surface area contributed by atoms with Gasteiger partial charge in [0.1, 0.15) is 23.1 Å². The number of carboxylic acids is 1. The molecule has 0 bridgehead atoms. The Labute approximate surface area is 222 Å². The SMILES string of the molecule is CN1C(C)(CCC(F)F)CN(c2ccc(F)cc2)c2cc(C(F)(F)F)c(OCC(C)(C)C(=O)O)cc2S1(=O)=O. The lowest BCUT2D eigenvalue weighted by Crippen LogP contribution is -2.51. The van der Waals surface area contributed by atoms with E-state index in [0.29, 0.717) is 12.1 Å². The number of benzene rings is 2. The van der Waals surface area contributed by atoms with Gasteiger partial charge in [0.25, 0.3) is 0 Å². The summed E-state index contributed by atoms with van der Waals surface area (Å²) in [5, 5.41) is 9.33. The fourth-order valence-electron chi connectivity index (χ4n) is 4.10. The van der Waals surface area contributed by atoms with Crippen molar-refractivity contribution in [1.29, 1.82) is 0 Å². The molecule has 1 aliphatic heterocycles. The van der Waals surface area contributed by atoms with Crippen molar-refractivity contribution in [3.8, 4) is 5.75 Å². The van der Waals surface area contributed by atoms with E-state index in [4.69, 9.17) is 4.74 Å². The molecule has 0 aromatic heterocycles. The van der Waals surface area contributed by atoms with Gasteiger partial charge in [0.05, 0.1) is 22.2 Å². The average molecular weight is 583 g/mol. The number of alkyl halides is 5. The Balaban J connectivity index is 2.31. The van der Waals surface area contributed by atoms with Crippen molar-refractivity contribution < 1.29 is 49.4 Å². The molecule has 1 unspecified atom stereocenters. The number of hydrogen-bond donors (Lipinski definition) is 1. The van der Waals surface area contributed by atoms with Crippen LogP contribution in [0, 0.1) is 11.2 Å². The van der Waals surface area contributed by atoms with Gasteiger partial charge in [-0.1, -0.05) is 0 Å². The van der Waals surface area contributed by atoms with Gasteiger partial charge in [-0.2, -0.15) is 17.5 Å². The Morgan fingerprint density at radius 2 is 1.74 bits per heavy atom. The molecule has 7 nitrogen and oxygen atoms in total. The number of carbonyl (C=O) groups is 1. The molecular weight excluding hydrogens is 554 g/mol. The molecule has 0 fully saturated rings. The number of nitrogens with zero attached hydrogens (tertiary/aromatic N) is 2. The van der Waals surface area contributed by atoms with E-state index in [2.05, 4.69) is 0 Å². The van der Waals surface area contributed by atoms with E-state index >= 15 is 0 Å². The summed E-state index contributed by atoms with van der Waals surface area (Å²) in [5.74, 6) is -2.92. The minimum atomic E-state index is -5.05. The Bertz CT molecular complexity index is 1330. The number of carboxylic acid groups (broad SMARTS) is 1. The number of ether oxygens (including phenoxy) is 1. The maximum atomic E-state index is 14.2. The van der Waals surface area contributed by atoms with E-state index in [1.807, 2.05) is 0 Å². The molecule has 3 rings (SSSR count). The topological polar surface area (TPSA) is 87.2 Å². The van der Waals surface area contributed by atoms with Gasteiger partial charge in [0, 0.05) is 31.8 Å². The number of rotatable bonds is 8. The van der Waals surface area contributed by atoms with Gasteiger partial charge in [0.15, 0.2) is 0 Å². The predicted octanol–water partition coefficient (Wildman–Crippen LogP) is 5.91. The Hall–Kier alpha value is -3.00. The van der Waals surface area contributed by atoms with Crippen LogP contribution >= 0.6 is 0 Å². The molecule has 2 aromatic carbocycles. The van der Waals surface area contributed by atoms with Crippen LogP contribution in [0.1, 0.15) is 39.2 Å². The number of sulfonamides is 1. The number of halogens is 6. The van der Waals surface area contributed by atoms with E-state index in [-0.39, 0.29) is 18.7 Å². The molecular formula is C25H28F6N2O5S. The van der Waals surface area contributed by atoms with Crippen molar-refractivity contribution in [1.82, 2.24) is 4.31 Å². The highest BCUT2D eigenvalue weighted by Crippen LogP contribution is 2.47. The monoisotopic (exact) mass is 582 g/mol. The Morgan fingerprint density at radius 1 is 1.15 bits per heavy atom. The third-order valence-electron chi connectivity index (χ3n) is 6.76. The maximum Gasteiger partial charge on any atom is 0.420 e. The lowest BCUT2D eigenvalue weighted by atomic mass is 9.94. The van der Waals surface area contributed by atoms with Gasteiger partial charge in [-0.05, 0) is 57.5 Å². The van der Waals surface area contributed by atoms with Crippen molar-refractivity contribution in [2.75, 3.05) is 25.1 Å². The summed E-state index contributed by atoms with van der Waals surface area (Å²) in [6.07, 6.45) is -8.84. The van der Waals surface area contributed by atoms with Gasteiger partial charge in [-0.3, -0.25) is 4.79 Å². The second-order valence-electron chi connectivity index (χ2n) is 10.3. The van der Waals surface area contributed by atoms with Gasteiger partial charge in [-0.25, -0.2) is 21.6 Å². The van der Waals surface area contributed by atoms with Crippen molar-refractivity contribution in [3.05, 3.63) is 47.8 Å². The van der Waals surface area contributed by atoms with Crippen LogP contribution in [0.2, 0.25) is 0 Å². The maximum absolute atomic E-state index is 14.2. The normalized spacial score (nSPS) is 20.0. The van der Waals surface area contributed by atoms with Crippen LogP contribution in [-0.4, -0.2) is 56.0 Å². The Kier molecular flexibility index (Phi) is 8.24. The van der Waals surface area contributed by atoms with Gasteiger partial charge in [0.2, 0.25) is 16.4 Å². The van der Waals surface area contributed by atoms with Gasteiger partial charge >= 0.3 is 12.1 Å². The first-order valence-electron chi connectivity index (χ1n) is 11.7. The highest BCUT2D eigenvalue weighted by Gasteiger charge is 2.47. The summed E-state index contributed by atoms with van der Waals surface area (Å²) < 4.78 is 116. The molecule has 1 aliphatic rings. The first-order chi connectivity index (χ1) is 17.8. The zero-order valence-electron chi connectivity index (χ0n) is 21.5. The Morgan fingerprint density at radius 3 is 2.26 bits per heavy atom. The fraction of sp³-hybridized carbons (Fsp3) is 0.480. The number of fused-ring (bicyclic) bond motifs is 1. The minimum Gasteiger partial charge on any atom is -0.492 e. The average Bonchev–Trinajstić information content (AvgIpc) is 2.89. The molecule has 0 saturated heterocycles. The van der Waals surface area contributed by atoms with Crippen molar-refractivity contribution in [2.45, 2.75) is 56.6 Å². The number of hydrogen-bond acceptors (Lipinski definition) is 5. The molecule has 0 radical (unpaired) electrons. The number of anilines is 2. The van der Waals surface area contributed by atoms with Gasteiger partial charge < -0.3 is 14.7 Å². The van der Waals surface area contributed by atoms with Gasteiger partial charge in [-0.15, -0.1) is 0 Å². The zero-order chi connectivity index (χ0) is 29.6. The van der Waals surface area contributed by atoms with Crippen molar-refractivity contribution in [2.24, 2.45) is 5.41 Å². The first kappa shape index (κ1) is 30.5. The summed E-state index contributed by atoms with van der Waals surface area (Å²) >= 11 is 0. The molecule has 0 aliphatic carbocycles. The van der Waals surface area contributed by atoms with Crippen LogP contribution in [0.15, 0.2) is 41.3 Å². The molecule has 1 atom stereocenters. The lowest BCUT2D eigenvalue weighted by molar-refractivity contribution is -0.148. The van der Waals surface area contributed by atoms with E-state index < -0.39 is 80.3 Å². The molecule has 0 spiro atoms. The van der Waals surface area contributed by atoms with Crippen LogP contribution in [0.4, 0.5) is 37.7 Å². The second-order valence-corrected chi connectivity index (χ2v) is 12.2. The number of likely N-dealkylation sites (N-methyl/N-ethyl adjacent to an activating group) is 1. The highest BCUT2D eigenvalue weighted by molar-refractivity contribution is 7.89. The predicted molar refractivity (Wildman–Crippen MR) is 130 cm³/mol. The molecule has 216 valence electrons. The molecule has 0 amide bonds. The molecule has 39 heavy (non-hydrogen) atoms. The first-order valence-corrected chi connectivity index (χ1v) is 13.2. The lowest BCUT2D eigenvalue weighted by Gasteiger charge is -2.39. The third-order valence-corrected chi connectivity index (χ3v) is 8.81. The van der Waals surface area contributed by atoms with Crippen molar-refractivity contribution >= 4 is 27.4 Å². The molecule has 2 aromatic rings. The van der Waals surface area contributed by atoms with Crippen LogP contribution in [0.25, 0.3) is 0 Å². The molecule has 0 saturated carbocycles. The summed E-state index contributed by atoms with van der Waals surface area (Å²) in [6.45, 7) is 2.79. The largest absolute Gasteiger partial charge is 0.492 e.